The maximum absolute atomic E-state index is 12.3. The molecule has 0 spiro atoms. The number of aryl methyl sites for hydroxylation is 1. The van der Waals surface area contributed by atoms with Gasteiger partial charge in [-0.1, -0.05) is 48.0 Å². The third-order valence-electron chi connectivity index (χ3n) is 6.78. The summed E-state index contributed by atoms with van der Waals surface area (Å²) in [6, 6.07) is 16.6. The largest absolute Gasteiger partial charge is 0.490 e. The lowest BCUT2D eigenvalue weighted by molar-refractivity contribution is -0.124. The Balaban J connectivity index is 1.23. The normalized spacial score (nSPS) is 18.7. The highest BCUT2D eigenvalue weighted by Crippen LogP contribution is 2.28. The first-order valence-corrected chi connectivity index (χ1v) is 12.2. The molecule has 0 saturated carbocycles. The Hall–Kier alpha value is -2.63. The monoisotopic (exact) mass is 448 g/mol. The van der Waals surface area contributed by atoms with Crippen molar-refractivity contribution in [2.75, 3.05) is 39.3 Å². The van der Waals surface area contributed by atoms with Crippen LogP contribution >= 0.6 is 0 Å². The quantitative estimate of drug-likeness (QED) is 0.614. The number of nitrogens with zero attached hydrogens (tertiary/aromatic N) is 2. The highest BCUT2D eigenvalue weighted by atomic mass is 16.5. The molecule has 2 aromatic rings. The molecule has 1 atom stereocenters. The Kier molecular flexibility index (Phi) is 8.19. The first-order chi connectivity index (χ1) is 16.1. The number of likely N-dealkylation sites (tertiary alicyclic amines) is 2. The minimum absolute atomic E-state index is 0.0522. The summed E-state index contributed by atoms with van der Waals surface area (Å²) in [5.41, 5.74) is 3.59. The fourth-order valence-corrected chi connectivity index (χ4v) is 4.78. The number of para-hydroxylation sites is 1. The lowest BCUT2D eigenvalue weighted by Gasteiger charge is -2.33. The van der Waals surface area contributed by atoms with E-state index in [0.717, 1.165) is 57.4 Å². The van der Waals surface area contributed by atoms with Gasteiger partial charge in [0.2, 0.25) is 5.91 Å². The molecule has 5 heteroatoms. The third-order valence-corrected chi connectivity index (χ3v) is 6.78. The maximum atomic E-state index is 12.3. The minimum atomic E-state index is -0.552. The summed E-state index contributed by atoms with van der Waals surface area (Å²) >= 11 is 0. The number of hydrogen-bond donors (Lipinski definition) is 1. The molecule has 2 aliphatic rings. The fraction of sp³-hybridized carbons (Fsp3) is 0.464. The molecule has 2 heterocycles. The number of aliphatic hydroxyl groups excluding tert-OH is 1. The highest BCUT2D eigenvalue weighted by Gasteiger charge is 2.22. The Morgan fingerprint density at radius 2 is 1.76 bits per heavy atom. The first-order valence-electron chi connectivity index (χ1n) is 12.2. The summed E-state index contributed by atoms with van der Waals surface area (Å²) in [6.07, 6.45) is 7.30. The van der Waals surface area contributed by atoms with Gasteiger partial charge in [0.1, 0.15) is 18.5 Å². The van der Waals surface area contributed by atoms with Crippen molar-refractivity contribution in [3.05, 3.63) is 71.3 Å². The van der Waals surface area contributed by atoms with Crippen molar-refractivity contribution in [2.24, 2.45) is 0 Å². The number of hydrogen-bond acceptors (Lipinski definition) is 4. The molecule has 1 amide bonds. The van der Waals surface area contributed by atoms with E-state index in [1.54, 1.807) is 6.08 Å². The van der Waals surface area contributed by atoms with Gasteiger partial charge in [-0.05, 0) is 69.3 Å². The molecule has 0 radical (unpaired) electrons. The summed E-state index contributed by atoms with van der Waals surface area (Å²) in [4.78, 5) is 16.5. The van der Waals surface area contributed by atoms with Crippen molar-refractivity contribution in [3.63, 3.8) is 0 Å². The number of aliphatic hydroxyl groups is 1. The Morgan fingerprint density at radius 3 is 2.48 bits per heavy atom. The van der Waals surface area contributed by atoms with Crippen LogP contribution in [0.25, 0.3) is 6.08 Å². The van der Waals surface area contributed by atoms with Gasteiger partial charge in [-0.25, -0.2) is 0 Å². The molecule has 1 unspecified atom stereocenters. The van der Waals surface area contributed by atoms with Crippen LogP contribution in [0.4, 0.5) is 0 Å². The van der Waals surface area contributed by atoms with Crippen LogP contribution in [0.2, 0.25) is 0 Å². The molecule has 176 valence electrons. The van der Waals surface area contributed by atoms with Crippen molar-refractivity contribution >= 4 is 12.0 Å². The molecule has 2 fully saturated rings. The summed E-state index contributed by atoms with van der Waals surface area (Å²) in [6.45, 7) is 6.65. The van der Waals surface area contributed by atoms with E-state index in [-0.39, 0.29) is 12.5 Å². The van der Waals surface area contributed by atoms with Gasteiger partial charge in [-0.2, -0.15) is 0 Å². The molecule has 0 bridgehead atoms. The second-order valence-corrected chi connectivity index (χ2v) is 9.35. The van der Waals surface area contributed by atoms with Gasteiger partial charge in [0.15, 0.2) is 0 Å². The average Bonchev–Trinajstić information content (AvgIpc) is 3.38. The van der Waals surface area contributed by atoms with Gasteiger partial charge in [0, 0.05) is 31.3 Å². The number of piperidine rings is 1. The van der Waals surface area contributed by atoms with E-state index < -0.39 is 6.10 Å². The van der Waals surface area contributed by atoms with Crippen LogP contribution in [0.1, 0.15) is 48.3 Å². The number of ether oxygens (including phenoxy) is 1. The summed E-state index contributed by atoms with van der Waals surface area (Å²) in [7, 11) is 0. The van der Waals surface area contributed by atoms with E-state index in [1.165, 1.54) is 11.1 Å². The molecular weight excluding hydrogens is 412 g/mol. The van der Waals surface area contributed by atoms with Crippen LogP contribution < -0.4 is 4.74 Å². The van der Waals surface area contributed by atoms with Crippen LogP contribution in [-0.4, -0.2) is 66.2 Å². The van der Waals surface area contributed by atoms with Crippen LogP contribution in [0.5, 0.6) is 5.75 Å². The average molecular weight is 449 g/mol. The molecule has 0 aromatic heterocycles. The molecule has 2 saturated heterocycles. The number of carbonyl (C=O) groups excluding carboxylic acids is 1. The zero-order chi connectivity index (χ0) is 23.0. The maximum Gasteiger partial charge on any atom is 0.246 e. The summed E-state index contributed by atoms with van der Waals surface area (Å²) < 4.78 is 5.95. The van der Waals surface area contributed by atoms with Crippen LogP contribution in [0.15, 0.2) is 54.6 Å². The van der Waals surface area contributed by atoms with E-state index in [0.29, 0.717) is 18.2 Å². The number of amides is 1. The Morgan fingerprint density at radius 1 is 1.06 bits per heavy atom. The molecular formula is C28H36N2O3. The van der Waals surface area contributed by atoms with Gasteiger partial charge in [-0.3, -0.25) is 4.79 Å². The lowest BCUT2D eigenvalue weighted by atomic mass is 9.89. The molecule has 2 aliphatic heterocycles. The summed E-state index contributed by atoms with van der Waals surface area (Å²) in [5.74, 6) is 1.36. The van der Waals surface area contributed by atoms with Gasteiger partial charge in [0.25, 0.3) is 0 Å². The Bertz CT molecular complexity index is 926. The second kappa shape index (κ2) is 11.5. The second-order valence-electron chi connectivity index (χ2n) is 9.35. The predicted octanol–water partition coefficient (Wildman–Crippen LogP) is 4.25. The lowest BCUT2D eigenvalue weighted by Crippen LogP contribution is -2.40. The Labute approximate surface area is 197 Å². The van der Waals surface area contributed by atoms with E-state index in [1.807, 2.05) is 35.2 Å². The van der Waals surface area contributed by atoms with Crippen LogP contribution in [0, 0.1) is 6.92 Å². The SMILES string of the molecule is Cc1ccc(C2CCN(CC(O)COc3ccccc3C=CC(=O)N3CCCC3)CC2)cc1. The molecule has 2 aromatic carbocycles. The summed E-state index contributed by atoms with van der Waals surface area (Å²) in [5, 5.41) is 10.6. The smallest absolute Gasteiger partial charge is 0.246 e. The minimum Gasteiger partial charge on any atom is -0.490 e. The van der Waals surface area contributed by atoms with Crippen LogP contribution in [0.3, 0.4) is 0 Å². The zero-order valence-electron chi connectivity index (χ0n) is 19.7. The van der Waals surface area contributed by atoms with Crippen LogP contribution in [-0.2, 0) is 4.79 Å². The van der Waals surface area contributed by atoms with Gasteiger partial charge >= 0.3 is 0 Å². The first kappa shape index (κ1) is 23.5. The van der Waals surface area contributed by atoms with Crippen molar-refractivity contribution in [3.8, 4) is 5.75 Å². The fourth-order valence-electron chi connectivity index (χ4n) is 4.78. The van der Waals surface area contributed by atoms with Crippen molar-refractivity contribution in [2.45, 2.75) is 44.6 Å². The van der Waals surface area contributed by atoms with Crippen molar-refractivity contribution in [1.29, 1.82) is 0 Å². The van der Waals surface area contributed by atoms with E-state index in [9.17, 15) is 9.90 Å². The third kappa shape index (κ3) is 6.68. The number of carbonyl (C=O) groups is 1. The topological polar surface area (TPSA) is 53.0 Å². The van der Waals surface area contributed by atoms with Gasteiger partial charge in [-0.15, -0.1) is 0 Å². The highest BCUT2D eigenvalue weighted by molar-refractivity contribution is 5.92. The van der Waals surface area contributed by atoms with E-state index in [4.69, 9.17) is 4.74 Å². The molecule has 33 heavy (non-hydrogen) atoms. The van der Waals surface area contributed by atoms with Gasteiger partial charge < -0.3 is 19.6 Å². The number of β-amino-alcohol motifs (C(OH)–C–C–N with tert-alkyl or cyclic N) is 1. The number of benzene rings is 2. The standard InChI is InChI=1S/C28H36N2O3/c1-22-8-10-23(11-9-22)24-14-18-29(19-15-24)20-26(31)21-33-27-7-3-2-6-25(27)12-13-28(32)30-16-4-5-17-30/h2-3,6-13,24,26,31H,4-5,14-21H2,1H3. The van der Waals surface area contributed by atoms with Crippen molar-refractivity contribution < 1.29 is 14.6 Å². The van der Waals surface area contributed by atoms with E-state index in [2.05, 4.69) is 36.1 Å². The predicted molar refractivity (Wildman–Crippen MR) is 132 cm³/mol. The molecule has 0 aliphatic carbocycles. The molecule has 4 rings (SSSR count). The zero-order valence-corrected chi connectivity index (χ0v) is 19.7. The van der Waals surface area contributed by atoms with Crippen molar-refractivity contribution in [1.82, 2.24) is 9.80 Å². The number of rotatable bonds is 8. The van der Waals surface area contributed by atoms with E-state index >= 15 is 0 Å². The molecule has 5 nitrogen and oxygen atoms in total. The van der Waals surface area contributed by atoms with Gasteiger partial charge in [0.05, 0.1) is 0 Å². The molecule has 1 N–H and O–H groups in total.